The van der Waals surface area contributed by atoms with Crippen LogP contribution in [0, 0.1) is 0 Å². The average Bonchev–Trinajstić information content (AvgIpc) is 2.80. The third-order valence-electron chi connectivity index (χ3n) is 2.58. The Bertz CT molecular complexity index is 310. The van der Waals surface area contributed by atoms with E-state index in [1.54, 1.807) is 0 Å². The van der Waals surface area contributed by atoms with E-state index in [-0.39, 0.29) is 6.10 Å². The maximum Gasteiger partial charge on any atom is 0.119 e. The normalized spacial score (nSPS) is 20.1. The SMILES string of the molecule is C=Cc1ccc(OCC2CCCO2)cc1. The van der Waals surface area contributed by atoms with Crippen molar-refractivity contribution in [2.24, 2.45) is 0 Å². The molecule has 1 heterocycles. The lowest BCUT2D eigenvalue weighted by molar-refractivity contribution is 0.0679. The maximum atomic E-state index is 5.63. The molecule has 0 radical (unpaired) electrons. The van der Waals surface area contributed by atoms with E-state index in [0.717, 1.165) is 30.8 Å². The van der Waals surface area contributed by atoms with Crippen LogP contribution < -0.4 is 4.74 Å². The topological polar surface area (TPSA) is 18.5 Å². The molecule has 2 nitrogen and oxygen atoms in total. The van der Waals surface area contributed by atoms with E-state index in [1.807, 2.05) is 30.3 Å². The number of hydrogen-bond acceptors (Lipinski definition) is 2. The van der Waals surface area contributed by atoms with Gasteiger partial charge in [0.15, 0.2) is 0 Å². The Hall–Kier alpha value is -1.28. The standard InChI is InChI=1S/C13H16O2/c1-2-11-5-7-12(8-6-11)15-10-13-4-3-9-14-13/h2,5-8,13H,1,3-4,9-10H2. The monoisotopic (exact) mass is 204 g/mol. The molecule has 0 aliphatic carbocycles. The molecule has 0 spiro atoms. The first-order valence-electron chi connectivity index (χ1n) is 5.35. The van der Waals surface area contributed by atoms with Crippen molar-refractivity contribution in [1.82, 2.24) is 0 Å². The van der Waals surface area contributed by atoms with E-state index >= 15 is 0 Å². The highest BCUT2D eigenvalue weighted by Crippen LogP contribution is 2.16. The molecule has 1 aliphatic heterocycles. The largest absolute Gasteiger partial charge is 0.491 e. The summed E-state index contributed by atoms with van der Waals surface area (Å²) in [5.41, 5.74) is 1.11. The Balaban J connectivity index is 1.84. The molecule has 80 valence electrons. The van der Waals surface area contributed by atoms with Gasteiger partial charge in [-0.25, -0.2) is 0 Å². The molecule has 2 rings (SSSR count). The van der Waals surface area contributed by atoms with Gasteiger partial charge >= 0.3 is 0 Å². The van der Waals surface area contributed by atoms with Gasteiger partial charge in [0.05, 0.1) is 6.10 Å². The molecule has 1 aromatic rings. The van der Waals surface area contributed by atoms with Crippen molar-refractivity contribution in [1.29, 1.82) is 0 Å². The van der Waals surface area contributed by atoms with E-state index in [4.69, 9.17) is 9.47 Å². The summed E-state index contributed by atoms with van der Waals surface area (Å²) in [5.74, 6) is 0.899. The van der Waals surface area contributed by atoms with Crippen LogP contribution in [0.5, 0.6) is 5.75 Å². The number of ether oxygens (including phenoxy) is 2. The quantitative estimate of drug-likeness (QED) is 0.750. The minimum Gasteiger partial charge on any atom is -0.491 e. The summed E-state index contributed by atoms with van der Waals surface area (Å²) in [4.78, 5) is 0. The zero-order valence-corrected chi connectivity index (χ0v) is 8.82. The molecule has 0 bridgehead atoms. The Morgan fingerprint density at radius 2 is 2.20 bits per heavy atom. The van der Waals surface area contributed by atoms with Gasteiger partial charge in [-0.3, -0.25) is 0 Å². The predicted octanol–water partition coefficient (Wildman–Crippen LogP) is 2.89. The van der Waals surface area contributed by atoms with Crippen molar-refractivity contribution in [2.45, 2.75) is 18.9 Å². The molecule has 1 saturated heterocycles. The number of rotatable bonds is 4. The van der Waals surface area contributed by atoms with Crippen LogP contribution in [-0.2, 0) is 4.74 Å². The van der Waals surface area contributed by atoms with Crippen molar-refractivity contribution in [2.75, 3.05) is 13.2 Å². The molecule has 0 amide bonds. The zero-order chi connectivity index (χ0) is 10.5. The third kappa shape index (κ3) is 2.83. The summed E-state index contributed by atoms with van der Waals surface area (Å²) in [6.07, 6.45) is 4.38. The Kier molecular flexibility index (Phi) is 3.41. The Morgan fingerprint density at radius 1 is 1.40 bits per heavy atom. The predicted molar refractivity (Wildman–Crippen MR) is 61.0 cm³/mol. The molecule has 15 heavy (non-hydrogen) atoms. The van der Waals surface area contributed by atoms with Crippen LogP contribution >= 0.6 is 0 Å². The first-order valence-corrected chi connectivity index (χ1v) is 5.35. The van der Waals surface area contributed by atoms with Crippen LogP contribution in [-0.4, -0.2) is 19.3 Å². The fourth-order valence-corrected chi connectivity index (χ4v) is 1.67. The second-order valence-corrected chi connectivity index (χ2v) is 3.72. The van der Waals surface area contributed by atoms with Gasteiger partial charge in [-0.05, 0) is 30.5 Å². The van der Waals surface area contributed by atoms with Crippen molar-refractivity contribution in [3.8, 4) is 5.75 Å². The summed E-state index contributed by atoms with van der Waals surface area (Å²) in [6.45, 7) is 5.25. The van der Waals surface area contributed by atoms with Crippen molar-refractivity contribution < 1.29 is 9.47 Å². The molecule has 1 aromatic carbocycles. The fourth-order valence-electron chi connectivity index (χ4n) is 1.67. The van der Waals surface area contributed by atoms with Crippen LogP contribution in [0.3, 0.4) is 0 Å². The second kappa shape index (κ2) is 4.99. The zero-order valence-electron chi connectivity index (χ0n) is 8.82. The van der Waals surface area contributed by atoms with Gasteiger partial charge < -0.3 is 9.47 Å². The van der Waals surface area contributed by atoms with Crippen LogP contribution in [0.1, 0.15) is 18.4 Å². The summed E-state index contributed by atoms with van der Waals surface area (Å²) in [5, 5.41) is 0. The molecule has 1 atom stereocenters. The van der Waals surface area contributed by atoms with Gasteiger partial charge in [0.25, 0.3) is 0 Å². The average molecular weight is 204 g/mol. The molecular weight excluding hydrogens is 188 g/mol. The molecule has 2 heteroatoms. The van der Waals surface area contributed by atoms with Gasteiger partial charge in [-0.15, -0.1) is 0 Å². The van der Waals surface area contributed by atoms with Gasteiger partial charge in [-0.1, -0.05) is 24.8 Å². The molecule has 0 N–H and O–H groups in total. The van der Waals surface area contributed by atoms with E-state index in [9.17, 15) is 0 Å². The van der Waals surface area contributed by atoms with Gasteiger partial charge in [0.1, 0.15) is 12.4 Å². The van der Waals surface area contributed by atoms with Crippen molar-refractivity contribution in [3.05, 3.63) is 36.4 Å². The van der Waals surface area contributed by atoms with E-state index in [0.29, 0.717) is 6.61 Å². The second-order valence-electron chi connectivity index (χ2n) is 3.72. The highest BCUT2D eigenvalue weighted by molar-refractivity contribution is 5.48. The smallest absolute Gasteiger partial charge is 0.119 e. The fraction of sp³-hybridized carbons (Fsp3) is 0.385. The third-order valence-corrected chi connectivity index (χ3v) is 2.58. The summed E-state index contributed by atoms with van der Waals surface area (Å²) in [6, 6.07) is 7.92. The molecule has 0 aromatic heterocycles. The molecular formula is C13H16O2. The van der Waals surface area contributed by atoms with Crippen LogP contribution in [0.25, 0.3) is 6.08 Å². The minimum absolute atomic E-state index is 0.282. The maximum absolute atomic E-state index is 5.63. The van der Waals surface area contributed by atoms with E-state index in [1.165, 1.54) is 0 Å². The van der Waals surface area contributed by atoms with Gasteiger partial charge in [0.2, 0.25) is 0 Å². The summed E-state index contributed by atoms with van der Waals surface area (Å²) in [7, 11) is 0. The van der Waals surface area contributed by atoms with E-state index in [2.05, 4.69) is 6.58 Å². The Labute approximate surface area is 90.5 Å². The minimum atomic E-state index is 0.282. The lowest BCUT2D eigenvalue weighted by Gasteiger charge is -2.11. The Morgan fingerprint density at radius 3 is 2.80 bits per heavy atom. The van der Waals surface area contributed by atoms with Crippen LogP contribution in [0.15, 0.2) is 30.8 Å². The molecule has 1 unspecified atom stereocenters. The summed E-state index contributed by atoms with van der Waals surface area (Å²) < 4.78 is 11.1. The number of hydrogen-bond donors (Lipinski definition) is 0. The highest BCUT2D eigenvalue weighted by Gasteiger charge is 2.15. The highest BCUT2D eigenvalue weighted by atomic mass is 16.5. The van der Waals surface area contributed by atoms with E-state index < -0.39 is 0 Å². The lowest BCUT2D eigenvalue weighted by atomic mass is 10.2. The molecule has 0 saturated carbocycles. The summed E-state index contributed by atoms with van der Waals surface area (Å²) >= 11 is 0. The first-order chi connectivity index (χ1) is 7.38. The van der Waals surface area contributed by atoms with Crippen molar-refractivity contribution in [3.63, 3.8) is 0 Å². The van der Waals surface area contributed by atoms with Gasteiger partial charge in [0, 0.05) is 6.61 Å². The number of benzene rings is 1. The molecule has 1 aliphatic rings. The van der Waals surface area contributed by atoms with Crippen LogP contribution in [0.2, 0.25) is 0 Å². The first kappa shape index (κ1) is 10.2. The molecule has 1 fully saturated rings. The van der Waals surface area contributed by atoms with Gasteiger partial charge in [-0.2, -0.15) is 0 Å². The lowest BCUT2D eigenvalue weighted by Crippen LogP contribution is -2.16. The van der Waals surface area contributed by atoms with Crippen LogP contribution in [0.4, 0.5) is 0 Å². The van der Waals surface area contributed by atoms with Crippen molar-refractivity contribution >= 4 is 6.08 Å².